The van der Waals surface area contributed by atoms with Crippen molar-refractivity contribution in [3.8, 4) is 56.7 Å². The van der Waals surface area contributed by atoms with Crippen LogP contribution in [-0.2, 0) is 0 Å². The minimum atomic E-state index is 0.772. The van der Waals surface area contributed by atoms with Gasteiger partial charge in [0.2, 0.25) is 0 Å². The normalized spacial score (nSPS) is 11.9. The lowest BCUT2D eigenvalue weighted by atomic mass is 9.98. The van der Waals surface area contributed by atoms with E-state index in [9.17, 15) is 0 Å². The number of fused-ring (bicyclic) bond motifs is 12. The molecular formula is C70H44N6. The van der Waals surface area contributed by atoms with Crippen LogP contribution < -0.4 is 0 Å². The van der Waals surface area contributed by atoms with Gasteiger partial charge < -0.3 is 9.13 Å². The van der Waals surface area contributed by atoms with Gasteiger partial charge in [-0.15, -0.1) is 0 Å². The van der Waals surface area contributed by atoms with E-state index in [1.54, 1.807) is 0 Å². The zero-order valence-corrected chi connectivity index (χ0v) is 41.1. The fraction of sp³-hybridized carbons (Fsp3) is 0. The van der Waals surface area contributed by atoms with Gasteiger partial charge in [-0.05, 0) is 71.8 Å². The van der Waals surface area contributed by atoms with Gasteiger partial charge in [0.1, 0.15) is 11.4 Å². The van der Waals surface area contributed by atoms with Crippen LogP contribution in [-0.4, -0.2) is 28.2 Å². The largest absolute Gasteiger partial charge is 0.305 e. The van der Waals surface area contributed by atoms with Crippen LogP contribution in [0, 0.1) is 0 Å². The Labute approximate surface area is 436 Å². The first-order valence-corrected chi connectivity index (χ1v) is 25.9. The first-order chi connectivity index (χ1) is 37.8. The van der Waals surface area contributed by atoms with Crippen LogP contribution in [0.1, 0.15) is 0 Å². The van der Waals surface area contributed by atoms with E-state index in [0.717, 1.165) is 144 Å². The molecule has 0 amide bonds. The number of rotatable bonds is 7. The molecule has 6 heterocycles. The highest BCUT2D eigenvalue weighted by atomic mass is 15.2. The Kier molecular flexibility index (Phi) is 9.23. The van der Waals surface area contributed by atoms with Crippen molar-refractivity contribution in [3.05, 3.63) is 267 Å². The molecule has 6 aromatic heterocycles. The molecule has 6 heteroatoms. The molecule has 10 aromatic carbocycles. The van der Waals surface area contributed by atoms with Gasteiger partial charge in [0.25, 0.3) is 0 Å². The molecule has 0 unspecified atom stereocenters. The van der Waals surface area contributed by atoms with E-state index in [-0.39, 0.29) is 0 Å². The summed E-state index contributed by atoms with van der Waals surface area (Å²) in [7, 11) is 0. The molecule has 0 spiro atoms. The molecule has 0 atom stereocenters. The van der Waals surface area contributed by atoms with Gasteiger partial charge in [-0.2, -0.15) is 0 Å². The van der Waals surface area contributed by atoms with E-state index in [0.29, 0.717) is 0 Å². The van der Waals surface area contributed by atoms with Crippen LogP contribution in [0.2, 0.25) is 0 Å². The van der Waals surface area contributed by atoms with Crippen LogP contribution in [0.15, 0.2) is 267 Å². The zero-order chi connectivity index (χ0) is 49.8. The monoisotopic (exact) mass is 968 g/mol. The third-order valence-electron chi connectivity index (χ3n) is 15.6. The average molecular weight is 969 g/mol. The van der Waals surface area contributed by atoms with E-state index < -0.39 is 0 Å². The number of hydrogen-bond donors (Lipinski definition) is 0. The molecule has 6 nitrogen and oxygen atoms in total. The fourth-order valence-corrected chi connectivity index (χ4v) is 12.4. The Balaban J connectivity index is 1.24. The van der Waals surface area contributed by atoms with Crippen LogP contribution >= 0.6 is 0 Å². The van der Waals surface area contributed by atoms with Crippen LogP contribution in [0.5, 0.6) is 0 Å². The van der Waals surface area contributed by atoms with Gasteiger partial charge in [0.15, 0.2) is 11.6 Å². The van der Waals surface area contributed by atoms with Crippen molar-refractivity contribution in [3.63, 3.8) is 0 Å². The van der Waals surface area contributed by atoms with Crippen LogP contribution in [0.25, 0.3) is 144 Å². The second-order valence-corrected chi connectivity index (χ2v) is 19.7. The van der Waals surface area contributed by atoms with Gasteiger partial charge in [-0.25, -0.2) is 9.97 Å². The summed E-state index contributed by atoms with van der Waals surface area (Å²) in [6.45, 7) is 0. The minimum absolute atomic E-state index is 0.772. The summed E-state index contributed by atoms with van der Waals surface area (Å²) in [4.78, 5) is 12.4. The number of pyridine rings is 2. The number of hydrogen-bond acceptors (Lipinski definition) is 2. The Bertz CT molecular complexity index is 4470. The molecule has 354 valence electrons. The van der Waals surface area contributed by atoms with Gasteiger partial charge in [-0.3, -0.25) is 9.13 Å². The standard InChI is InChI=1S/C70H44N6/c1-3-23-45(24-4-1)47-43-56(46-25-5-2-6-26-46)71-57(44-47)66-67(73-58-35-15-7-27-48(58)49-28-8-16-36-59(49)73)69(75-62-39-19-11-31-52(62)53-32-12-20-40-63(53)75)72-70(76-64-41-21-13-33-54(64)55-34-14-22-42-65(55)76)68(66)74-60-37-17-9-29-50(60)51-30-10-18-38-61(51)74/h1-44H. The van der Waals surface area contributed by atoms with Crippen LogP contribution in [0.4, 0.5) is 0 Å². The molecule has 0 radical (unpaired) electrons. The topological polar surface area (TPSA) is 45.5 Å². The fourth-order valence-electron chi connectivity index (χ4n) is 12.4. The maximum atomic E-state index is 6.40. The molecule has 16 rings (SSSR count). The van der Waals surface area contributed by atoms with E-state index in [4.69, 9.17) is 9.97 Å². The van der Waals surface area contributed by atoms with Crippen molar-refractivity contribution in [2.45, 2.75) is 0 Å². The molecular weight excluding hydrogens is 925 g/mol. The molecule has 76 heavy (non-hydrogen) atoms. The van der Waals surface area contributed by atoms with Gasteiger partial charge >= 0.3 is 0 Å². The predicted molar refractivity (Wildman–Crippen MR) is 316 cm³/mol. The maximum absolute atomic E-state index is 6.40. The molecule has 0 aliphatic heterocycles. The zero-order valence-electron chi connectivity index (χ0n) is 41.1. The summed E-state index contributed by atoms with van der Waals surface area (Å²) in [5.74, 6) is 1.54. The van der Waals surface area contributed by atoms with Crippen molar-refractivity contribution in [2.75, 3.05) is 0 Å². The van der Waals surface area contributed by atoms with Gasteiger partial charge in [0, 0.05) is 48.7 Å². The predicted octanol–water partition coefficient (Wildman–Crippen LogP) is 17.9. The average Bonchev–Trinajstić information content (AvgIpc) is 4.25. The molecule has 0 N–H and O–H groups in total. The van der Waals surface area contributed by atoms with Crippen molar-refractivity contribution >= 4 is 87.2 Å². The van der Waals surface area contributed by atoms with Crippen molar-refractivity contribution in [2.24, 2.45) is 0 Å². The highest BCUT2D eigenvalue weighted by Gasteiger charge is 2.33. The van der Waals surface area contributed by atoms with Gasteiger partial charge in [0.05, 0.1) is 61.1 Å². The van der Waals surface area contributed by atoms with E-state index in [2.05, 4.69) is 285 Å². The SMILES string of the molecule is c1ccc(-c2cc(-c3ccccc3)nc(-c3c(-n4c5ccccc5c5ccccc54)c(-n4c5ccccc5c5ccccc54)nc(-n4c5ccccc5c5ccccc54)c3-n3c4ccccc4c4ccccc43)c2)cc1. The molecule has 0 bridgehead atoms. The second kappa shape index (κ2) is 16.6. The number of benzene rings is 10. The number of aromatic nitrogens is 6. The summed E-state index contributed by atoms with van der Waals surface area (Å²) in [6, 6.07) is 96.4. The minimum Gasteiger partial charge on any atom is -0.305 e. The molecule has 0 aliphatic rings. The summed E-state index contributed by atoms with van der Waals surface area (Å²) < 4.78 is 9.80. The highest BCUT2D eigenvalue weighted by molar-refractivity contribution is 6.15. The lowest BCUT2D eigenvalue weighted by molar-refractivity contribution is 0.959. The van der Waals surface area contributed by atoms with Gasteiger partial charge in [-0.1, -0.05) is 206 Å². The summed E-state index contributed by atoms with van der Waals surface area (Å²) >= 11 is 0. The first-order valence-electron chi connectivity index (χ1n) is 25.9. The highest BCUT2D eigenvalue weighted by Crippen LogP contribution is 2.49. The van der Waals surface area contributed by atoms with Crippen LogP contribution in [0.3, 0.4) is 0 Å². The Hall–Kier alpha value is -10.3. The van der Waals surface area contributed by atoms with Crippen molar-refractivity contribution in [1.82, 2.24) is 28.2 Å². The first kappa shape index (κ1) is 42.2. The third kappa shape index (κ3) is 6.16. The maximum Gasteiger partial charge on any atom is 0.165 e. The molecule has 16 aromatic rings. The molecule has 0 aliphatic carbocycles. The summed E-state index contributed by atoms with van der Waals surface area (Å²) in [5.41, 5.74) is 16.1. The Morgan fingerprint density at radius 1 is 0.211 bits per heavy atom. The molecule has 0 saturated carbocycles. The van der Waals surface area contributed by atoms with Crippen molar-refractivity contribution < 1.29 is 0 Å². The third-order valence-corrected chi connectivity index (χ3v) is 15.6. The molecule has 0 saturated heterocycles. The quantitative estimate of drug-likeness (QED) is 0.160. The lowest BCUT2D eigenvalue weighted by Crippen LogP contribution is -2.16. The van der Waals surface area contributed by atoms with Crippen molar-refractivity contribution in [1.29, 1.82) is 0 Å². The second-order valence-electron chi connectivity index (χ2n) is 19.7. The summed E-state index contributed by atoms with van der Waals surface area (Å²) in [5, 5.41) is 9.20. The van der Waals surface area contributed by atoms with E-state index in [1.807, 2.05) is 0 Å². The molecule has 0 fully saturated rings. The van der Waals surface area contributed by atoms with E-state index >= 15 is 0 Å². The number of nitrogens with zero attached hydrogens (tertiary/aromatic N) is 6. The smallest absolute Gasteiger partial charge is 0.165 e. The Morgan fingerprint density at radius 2 is 0.474 bits per heavy atom. The van der Waals surface area contributed by atoms with E-state index in [1.165, 1.54) is 0 Å². The Morgan fingerprint density at radius 3 is 0.803 bits per heavy atom. The lowest BCUT2D eigenvalue weighted by Gasteiger charge is -2.27. The number of para-hydroxylation sites is 8. The summed E-state index contributed by atoms with van der Waals surface area (Å²) in [6.07, 6.45) is 0.